The van der Waals surface area contributed by atoms with Gasteiger partial charge in [0, 0.05) is 18.2 Å². The van der Waals surface area contributed by atoms with Crippen LogP contribution in [-0.2, 0) is 6.42 Å². The van der Waals surface area contributed by atoms with Crippen molar-refractivity contribution < 1.29 is 14.1 Å². The first-order valence-corrected chi connectivity index (χ1v) is 4.50. The molecule has 0 unspecified atom stereocenters. The molecule has 0 aliphatic carbocycles. The zero-order chi connectivity index (χ0) is 12.8. The quantitative estimate of drug-likeness (QED) is 0.463. The van der Waals surface area contributed by atoms with Crippen LogP contribution in [0.15, 0.2) is 23.3 Å². The lowest BCUT2D eigenvalue weighted by Gasteiger charge is -1.99. The highest BCUT2D eigenvalue weighted by molar-refractivity contribution is 5.73. The minimum absolute atomic E-state index is 0.0802. The summed E-state index contributed by atoms with van der Waals surface area (Å²) in [6, 6.07) is 2.38. The van der Waals surface area contributed by atoms with Gasteiger partial charge in [-0.1, -0.05) is 0 Å². The first-order chi connectivity index (χ1) is 8.00. The number of nitrogens with one attached hydrogen (secondary N) is 1. The number of nitro benzene ring substituents is 1. The Labute approximate surface area is 95.3 Å². The van der Waals surface area contributed by atoms with Crippen molar-refractivity contribution in [2.45, 2.75) is 6.42 Å². The van der Waals surface area contributed by atoms with Gasteiger partial charge in [-0.15, -0.1) is 0 Å². The number of hydrazone groups is 1. The van der Waals surface area contributed by atoms with Gasteiger partial charge < -0.3 is 5.73 Å². The SMILES string of the molecule is NC(=O)N/N=C\Cc1ccc(F)cc1[N+](=O)[O-]. The van der Waals surface area contributed by atoms with E-state index in [9.17, 15) is 19.3 Å². The number of nitrogens with zero attached hydrogens (tertiary/aromatic N) is 2. The first-order valence-electron chi connectivity index (χ1n) is 4.50. The van der Waals surface area contributed by atoms with Crippen LogP contribution in [0.4, 0.5) is 14.9 Å². The molecule has 1 aromatic carbocycles. The number of halogens is 1. The van der Waals surface area contributed by atoms with E-state index in [1.165, 1.54) is 12.3 Å². The number of carbonyl (C=O) groups is 1. The number of rotatable bonds is 4. The minimum atomic E-state index is -0.838. The topological polar surface area (TPSA) is 111 Å². The summed E-state index contributed by atoms with van der Waals surface area (Å²) in [4.78, 5) is 20.2. The molecule has 0 radical (unpaired) electrons. The van der Waals surface area contributed by atoms with Gasteiger partial charge in [0.1, 0.15) is 5.82 Å². The summed E-state index contributed by atoms with van der Waals surface area (Å²) in [6.07, 6.45) is 1.31. The van der Waals surface area contributed by atoms with E-state index < -0.39 is 16.8 Å². The molecule has 0 fully saturated rings. The molecule has 1 rings (SSSR count). The van der Waals surface area contributed by atoms with Crippen molar-refractivity contribution in [2.24, 2.45) is 10.8 Å². The maximum atomic E-state index is 12.8. The van der Waals surface area contributed by atoms with E-state index in [0.29, 0.717) is 0 Å². The number of nitro groups is 1. The van der Waals surface area contributed by atoms with Gasteiger partial charge in [0.15, 0.2) is 0 Å². The summed E-state index contributed by atoms with van der Waals surface area (Å²) < 4.78 is 12.8. The molecule has 0 heterocycles. The van der Waals surface area contributed by atoms with Crippen molar-refractivity contribution in [2.75, 3.05) is 0 Å². The van der Waals surface area contributed by atoms with Crippen LogP contribution >= 0.6 is 0 Å². The average Bonchev–Trinajstić information content (AvgIpc) is 2.25. The predicted molar refractivity (Wildman–Crippen MR) is 58.0 cm³/mol. The van der Waals surface area contributed by atoms with Gasteiger partial charge in [-0.2, -0.15) is 5.10 Å². The molecule has 0 spiro atoms. The van der Waals surface area contributed by atoms with Crippen molar-refractivity contribution in [1.82, 2.24) is 5.43 Å². The van der Waals surface area contributed by atoms with Crippen LogP contribution in [0.25, 0.3) is 0 Å². The molecule has 1 aromatic rings. The van der Waals surface area contributed by atoms with Crippen molar-refractivity contribution in [3.63, 3.8) is 0 Å². The van der Waals surface area contributed by atoms with Gasteiger partial charge >= 0.3 is 6.03 Å². The highest BCUT2D eigenvalue weighted by Gasteiger charge is 2.13. The lowest BCUT2D eigenvalue weighted by molar-refractivity contribution is -0.385. The summed E-state index contributed by atoms with van der Waals surface area (Å²) in [5.41, 5.74) is 6.63. The fraction of sp³-hybridized carbons (Fsp3) is 0.111. The summed E-state index contributed by atoms with van der Waals surface area (Å²) in [7, 11) is 0. The Balaban J connectivity index is 2.80. The van der Waals surface area contributed by atoms with Crippen LogP contribution in [0, 0.1) is 15.9 Å². The molecule has 0 aliphatic rings. The van der Waals surface area contributed by atoms with E-state index in [2.05, 4.69) is 5.10 Å². The van der Waals surface area contributed by atoms with Gasteiger partial charge in [-0.05, 0) is 12.1 Å². The van der Waals surface area contributed by atoms with E-state index in [1.807, 2.05) is 5.43 Å². The maximum absolute atomic E-state index is 12.8. The molecule has 90 valence electrons. The van der Waals surface area contributed by atoms with Gasteiger partial charge in [0.2, 0.25) is 0 Å². The number of benzene rings is 1. The Morgan fingerprint density at radius 1 is 1.65 bits per heavy atom. The third kappa shape index (κ3) is 3.86. The Hall–Kier alpha value is -2.51. The normalized spacial score (nSPS) is 10.4. The molecular weight excluding hydrogens is 231 g/mol. The summed E-state index contributed by atoms with van der Waals surface area (Å²) >= 11 is 0. The van der Waals surface area contributed by atoms with Crippen LogP contribution in [0.1, 0.15) is 5.56 Å². The van der Waals surface area contributed by atoms with E-state index in [1.54, 1.807) is 0 Å². The molecular formula is C9H9FN4O3. The number of hydrogen-bond donors (Lipinski definition) is 2. The fourth-order valence-corrected chi connectivity index (χ4v) is 1.13. The van der Waals surface area contributed by atoms with Crippen LogP contribution < -0.4 is 11.2 Å². The number of primary amides is 1. The largest absolute Gasteiger partial charge is 0.350 e. The maximum Gasteiger partial charge on any atom is 0.332 e. The third-order valence-corrected chi connectivity index (χ3v) is 1.82. The molecule has 7 nitrogen and oxygen atoms in total. The zero-order valence-electron chi connectivity index (χ0n) is 8.59. The van der Waals surface area contributed by atoms with Gasteiger partial charge in [-0.25, -0.2) is 14.6 Å². The molecule has 0 atom stereocenters. The lowest BCUT2D eigenvalue weighted by atomic mass is 10.1. The van der Waals surface area contributed by atoms with E-state index in [0.717, 1.165) is 12.1 Å². The predicted octanol–water partition coefficient (Wildman–Crippen LogP) is 0.930. The first kappa shape index (κ1) is 12.6. The Morgan fingerprint density at radius 2 is 2.35 bits per heavy atom. The van der Waals surface area contributed by atoms with Crippen LogP contribution in [0.5, 0.6) is 0 Å². The number of amides is 2. The molecule has 17 heavy (non-hydrogen) atoms. The Kier molecular flexibility index (Phi) is 4.09. The lowest BCUT2D eigenvalue weighted by Crippen LogP contribution is -2.24. The second-order valence-corrected chi connectivity index (χ2v) is 3.02. The second-order valence-electron chi connectivity index (χ2n) is 3.02. The molecule has 2 amide bonds. The van der Waals surface area contributed by atoms with Crippen molar-refractivity contribution in [3.05, 3.63) is 39.7 Å². The highest BCUT2D eigenvalue weighted by atomic mass is 19.1. The smallest absolute Gasteiger partial charge is 0.332 e. The monoisotopic (exact) mass is 240 g/mol. The Bertz CT molecular complexity index is 475. The molecule has 0 aromatic heterocycles. The van der Waals surface area contributed by atoms with Crippen LogP contribution in [0.2, 0.25) is 0 Å². The van der Waals surface area contributed by atoms with Crippen molar-refractivity contribution in [3.8, 4) is 0 Å². The molecule has 3 N–H and O–H groups in total. The van der Waals surface area contributed by atoms with Gasteiger partial charge in [-0.3, -0.25) is 10.1 Å². The number of hydrogen-bond acceptors (Lipinski definition) is 4. The highest BCUT2D eigenvalue weighted by Crippen LogP contribution is 2.19. The van der Waals surface area contributed by atoms with Crippen molar-refractivity contribution >= 4 is 17.9 Å². The summed E-state index contributed by atoms with van der Waals surface area (Å²) in [5.74, 6) is -0.687. The van der Waals surface area contributed by atoms with Crippen LogP contribution in [0.3, 0.4) is 0 Å². The third-order valence-electron chi connectivity index (χ3n) is 1.82. The fourth-order valence-electron chi connectivity index (χ4n) is 1.13. The standard InChI is InChI=1S/C9H9FN4O3/c10-7-2-1-6(8(5-7)14(16)17)3-4-12-13-9(11)15/h1-2,4-5H,3H2,(H3,11,13,15)/b12-4-. The van der Waals surface area contributed by atoms with Crippen molar-refractivity contribution in [1.29, 1.82) is 0 Å². The summed E-state index contributed by atoms with van der Waals surface area (Å²) in [6.45, 7) is 0. The van der Waals surface area contributed by atoms with E-state index in [-0.39, 0.29) is 17.7 Å². The average molecular weight is 240 g/mol. The molecule has 0 aliphatic heterocycles. The van der Waals surface area contributed by atoms with Crippen LogP contribution in [-0.4, -0.2) is 17.2 Å². The minimum Gasteiger partial charge on any atom is -0.350 e. The van der Waals surface area contributed by atoms with Gasteiger partial charge in [0.25, 0.3) is 5.69 Å². The zero-order valence-corrected chi connectivity index (χ0v) is 8.59. The van der Waals surface area contributed by atoms with E-state index in [4.69, 9.17) is 5.73 Å². The number of carbonyl (C=O) groups excluding carboxylic acids is 1. The number of nitrogens with two attached hydrogens (primary N) is 1. The molecule has 8 heteroatoms. The molecule has 0 saturated heterocycles. The van der Waals surface area contributed by atoms with E-state index >= 15 is 0 Å². The molecule has 0 bridgehead atoms. The Morgan fingerprint density at radius 3 is 2.94 bits per heavy atom. The summed E-state index contributed by atoms with van der Waals surface area (Å²) in [5, 5.41) is 14.0. The number of urea groups is 1. The van der Waals surface area contributed by atoms with Gasteiger partial charge in [0.05, 0.1) is 11.0 Å². The second kappa shape index (κ2) is 5.54. The molecule has 0 saturated carbocycles.